The first-order valence-electron chi connectivity index (χ1n) is 5.16. The van der Waals surface area contributed by atoms with Crippen molar-refractivity contribution in [3.8, 4) is 0 Å². The molecule has 0 aliphatic heterocycles. The van der Waals surface area contributed by atoms with E-state index in [-0.39, 0.29) is 8.47 Å². The average Bonchev–Trinajstić information content (AvgIpc) is 2.34. The first kappa shape index (κ1) is 14.0. The first-order valence-corrected chi connectivity index (χ1v) is 7.68. The molecule has 0 radical (unpaired) electrons. The number of nitrogens with zero attached hydrogens (tertiary/aromatic N) is 1. The number of hydrogen-bond donors (Lipinski definition) is 1. The highest BCUT2D eigenvalue weighted by atomic mass is 127. The summed E-state index contributed by atoms with van der Waals surface area (Å²) in [6, 6.07) is 6.09. The van der Waals surface area contributed by atoms with E-state index in [4.69, 9.17) is 0 Å². The van der Waals surface area contributed by atoms with Crippen LogP contribution < -0.4 is 11.2 Å². The lowest BCUT2D eigenvalue weighted by Gasteiger charge is -2.07. The van der Waals surface area contributed by atoms with Crippen LogP contribution in [-0.4, -0.2) is 17.4 Å². The molecule has 2 aromatic rings. The van der Waals surface area contributed by atoms with E-state index < -0.39 is 21.3 Å². The van der Waals surface area contributed by atoms with Crippen molar-refractivity contribution in [2.24, 2.45) is 0 Å². The van der Waals surface area contributed by atoms with Crippen LogP contribution in [0.4, 0.5) is 0 Å². The Morgan fingerprint density at radius 2 is 1.74 bits per heavy atom. The minimum absolute atomic E-state index is 0.0111. The van der Waals surface area contributed by atoms with Gasteiger partial charge in [0.2, 0.25) is 0 Å². The van der Waals surface area contributed by atoms with E-state index in [1.54, 1.807) is 34.7 Å². The van der Waals surface area contributed by atoms with Crippen molar-refractivity contribution in [2.45, 2.75) is 11.8 Å². The second kappa shape index (κ2) is 4.93. The van der Waals surface area contributed by atoms with E-state index in [2.05, 4.69) is 0 Å². The van der Waals surface area contributed by atoms with Crippen molar-refractivity contribution in [2.75, 3.05) is 0 Å². The zero-order valence-corrected chi connectivity index (χ0v) is 12.7. The average molecular weight is 392 g/mol. The number of hydrogen-bond acceptors (Lipinski definition) is 4. The molecule has 6 nitrogen and oxygen atoms in total. The molecular weight excluding hydrogens is 383 g/mol. The molecule has 100 valence electrons. The number of nitrogens with one attached hydrogen (secondary N) is 1. The van der Waals surface area contributed by atoms with E-state index in [1.807, 2.05) is 11.9 Å². The fraction of sp³-hybridized carbons (Fsp3) is 0.0909. The quantitative estimate of drug-likeness (QED) is 0.762. The Morgan fingerprint density at radius 3 is 2.32 bits per heavy atom. The molecular formula is C11H9IN2O4S. The maximum Gasteiger partial charge on any atom is 0.342 e. The third kappa shape index (κ3) is 2.63. The number of aromatic nitrogens is 2. The monoisotopic (exact) mass is 392 g/mol. The van der Waals surface area contributed by atoms with Crippen molar-refractivity contribution in [3.05, 3.63) is 60.4 Å². The number of aromatic amines is 1. The van der Waals surface area contributed by atoms with Crippen molar-refractivity contribution >= 4 is 32.6 Å². The summed E-state index contributed by atoms with van der Waals surface area (Å²) in [6.07, 6.45) is 1.01. The summed E-state index contributed by atoms with van der Waals surface area (Å²) in [7, 11) is -4.00. The minimum atomic E-state index is -4.00. The number of H-pyrrole nitrogens is 1. The molecule has 0 amide bonds. The van der Waals surface area contributed by atoms with Crippen LogP contribution in [0.25, 0.3) is 0 Å². The summed E-state index contributed by atoms with van der Waals surface area (Å²) >= 11 is 1.66. The van der Waals surface area contributed by atoms with Crippen LogP contribution in [0.2, 0.25) is 0 Å². The molecule has 0 fully saturated rings. The highest BCUT2D eigenvalue weighted by Gasteiger charge is 2.19. The SMILES string of the molecule is Cc1ccc(S(=O)(=O)n2cc(I)c(=O)[nH]c2=O)cc1. The molecule has 0 saturated carbocycles. The molecule has 0 saturated heterocycles. The second-order valence-corrected chi connectivity index (χ2v) is 6.83. The zero-order chi connectivity index (χ0) is 14.2. The summed E-state index contributed by atoms with van der Waals surface area (Å²) < 4.78 is 25.2. The van der Waals surface area contributed by atoms with Gasteiger partial charge in [-0.15, -0.1) is 0 Å². The molecule has 0 spiro atoms. The Morgan fingerprint density at radius 1 is 1.16 bits per heavy atom. The van der Waals surface area contributed by atoms with Gasteiger partial charge in [-0.05, 0) is 41.6 Å². The number of benzene rings is 1. The summed E-state index contributed by atoms with van der Waals surface area (Å²) in [5, 5.41) is 0. The van der Waals surface area contributed by atoms with Crippen molar-refractivity contribution < 1.29 is 8.42 Å². The van der Waals surface area contributed by atoms with Crippen molar-refractivity contribution in [1.29, 1.82) is 0 Å². The van der Waals surface area contributed by atoms with Crippen LogP contribution in [0.15, 0.2) is 44.9 Å². The number of aryl methyl sites for hydroxylation is 1. The molecule has 0 atom stereocenters. The van der Waals surface area contributed by atoms with Gasteiger partial charge in [0.05, 0.1) is 8.47 Å². The normalized spacial score (nSPS) is 11.5. The van der Waals surface area contributed by atoms with Gasteiger partial charge in [0.1, 0.15) is 0 Å². The van der Waals surface area contributed by atoms with Gasteiger partial charge in [-0.1, -0.05) is 17.7 Å². The Hall–Kier alpha value is -1.42. The second-order valence-electron chi connectivity index (χ2n) is 3.85. The van der Waals surface area contributed by atoms with E-state index in [9.17, 15) is 18.0 Å². The van der Waals surface area contributed by atoms with Crippen LogP contribution in [0.1, 0.15) is 5.56 Å². The summed E-state index contributed by atoms with van der Waals surface area (Å²) in [5.41, 5.74) is -0.686. The molecule has 0 unspecified atom stereocenters. The third-order valence-electron chi connectivity index (χ3n) is 2.45. The fourth-order valence-corrected chi connectivity index (χ4v) is 3.25. The van der Waals surface area contributed by atoms with Crippen molar-refractivity contribution in [3.63, 3.8) is 0 Å². The largest absolute Gasteiger partial charge is 0.342 e. The fourth-order valence-electron chi connectivity index (χ4n) is 1.43. The molecule has 0 aliphatic carbocycles. The molecule has 2 rings (SSSR count). The number of halogens is 1. The van der Waals surface area contributed by atoms with Crippen LogP contribution in [0, 0.1) is 10.5 Å². The van der Waals surface area contributed by atoms with E-state index in [0.29, 0.717) is 3.97 Å². The lowest BCUT2D eigenvalue weighted by molar-refractivity contribution is 0.583. The van der Waals surface area contributed by atoms with Crippen LogP contribution in [-0.2, 0) is 10.0 Å². The lowest BCUT2D eigenvalue weighted by atomic mass is 10.2. The molecule has 8 heteroatoms. The Balaban J connectivity index is 2.70. The maximum absolute atomic E-state index is 12.3. The lowest BCUT2D eigenvalue weighted by Crippen LogP contribution is -2.35. The predicted octanol–water partition coefficient (Wildman–Crippen LogP) is 0.687. The van der Waals surface area contributed by atoms with Gasteiger partial charge >= 0.3 is 5.69 Å². The number of rotatable bonds is 2. The zero-order valence-electron chi connectivity index (χ0n) is 9.75. The summed E-state index contributed by atoms with van der Waals surface area (Å²) in [5.74, 6) is 0. The Labute approximate surface area is 122 Å². The van der Waals surface area contributed by atoms with Crippen LogP contribution in [0.3, 0.4) is 0 Å². The van der Waals surface area contributed by atoms with Gasteiger partial charge in [-0.25, -0.2) is 13.2 Å². The molecule has 1 aromatic heterocycles. The minimum Gasteiger partial charge on any atom is -0.272 e. The smallest absolute Gasteiger partial charge is 0.272 e. The van der Waals surface area contributed by atoms with E-state index in [0.717, 1.165) is 11.8 Å². The van der Waals surface area contributed by atoms with Gasteiger partial charge in [-0.2, -0.15) is 3.97 Å². The predicted molar refractivity (Wildman–Crippen MR) is 77.8 cm³/mol. The van der Waals surface area contributed by atoms with Gasteiger partial charge in [0.25, 0.3) is 15.6 Å². The van der Waals surface area contributed by atoms with E-state index >= 15 is 0 Å². The highest BCUT2D eigenvalue weighted by Crippen LogP contribution is 2.12. The Kier molecular flexibility index (Phi) is 3.63. The molecule has 0 aliphatic rings. The van der Waals surface area contributed by atoms with Gasteiger partial charge < -0.3 is 0 Å². The van der Waals surface area contributed by atoms with Gasteiger partial charge in [-0.3, -0.25) is 9.78 Å². The molecule has 19 heavy (non-hydrogen) atoms. The first-order chi connectivity index (χ1) is 8.82. The third-order valence-corrected chi connectivity index (χ3v) is 4.87. The van der Waals surface area contributed by atoms with E-state index in [1.165, 1.54) is 12.1 Å². The maximum atomic E-state index is 12.3. The summed E-state index contributed by atoms with van der Waals surface area (Å²) in [4.78, 5) is 24.8. The van der Waals surface area contributed by atoms with Gasteiger partial charge in [0.15, 0.2) is 0 Å². The van der Waals surface area contributed by atoms with Crippen molar-refractivity contribution in [1.82, 2.24) is 8.96 Å². The Bertz CT molecular complexity index is 834. The molecule has 0 bridgehead atoms. The standard InChI is InChI=1S/C11H9IN2O4S/c1-7-2-4-8(5-3-7)19(17,18)14-6-9(12)10(15)13-11(14)16/h2-6H,1H3,(H,13,15,16). The summed E-state index contributed by atoms with van der Waals surface area (Å²) in [6.45, 7) is 1.82. The van der Waals surface area contributed by atoms with Crippen LogP contribution in [0.5, 0.6) is 0 Å². The van der Waals surface area contributed by atoms with Gasteiger partial charge in [0, 0.05) is 6.20 Å². The topological polar surface area (TPSA) is 89.0 Å². The molecule has 1 aromatic carbocycles. The van der Waals surface area contributed by atoms with Crippen LogP contribution >= 0.6 is 22.6 Å². The molecule has 1 N–H and O–H groups in total. The highest BCUT2D eigenvalue weighted by molar-refractivity contribution is 14.1. The molecule has 1 heterocycles.